The Morgan fingerprint density at radius 1 is 1.36 bits per heavy atom. The predicted molar refractivity (Wildman–Crippen MR) is 53.1 cm³/mol. The van der Waals surface area contributed by atoms with Crippen LogP contribution in [0.15, 0.2) is 0 Å². The zero-order chi connectivity index (χ0) is 8.91. The van der Waals surface area contributed by atoms with E-state index in [4.69, 9.17) is 5.11 Å². The van der Waals surface area contributed by atoms with E-state index in [0.717, 1.165) is 12.2 Å². The van der Waals surface area contributed by atoms with Crippen LogP contribution in [0.1, 0.15) is 34.1 Å². The molecule has 0 spiro atoms. The molecule has 68 valence electrons. The largest absolute Gasteiger partial charge is 0.396 e. The van der Waals surface area contributed by atoms with Gasteiger partial charge in [-0.2, -0.15) is 11.8 Å². The van der Waals surface area contributed by atoms with Gasteiger partial charge in [-0.3, -0.25) is 0 Å². The topological polar surface area (TPSA) is 20.2 Å². The van der Waals surface area contributed by atoms with E-state index in [-0.39, 0.29) is 0 Å². The quantitative estimate of drug-likeness (QED) is 0.710. The molecule has 11 heavy (non-hydrogen) atoms. The van der Waals surface area contributed by atoms with Gasteiger partial charge in [-0.25, -0.2) is 0 Å². The Kier molecular flexibility index (Phi) is 5.19. The van der Waals surface area contributed by atoms with Gasteiger partial charge < -0.3 is 5.11 Å². The molecule has 0 aromatic carbocycles. The number of hydrogen-bond acceptors (Lipinski definition) is 2. The van der Waals surface area contributed by atoms with Crippen LogP contribution < -0.4 is 0 Å². The Bertz CT molecular complexity index is 96.2. The third-order valence-corrected chi connectivity index (χ3v) is 3.02. The molecule has 1 nitrogen and oxygen atoms in total. The molecule has 0 aliphatic heterocycles. The molecule has 1 unspecified atom stereocenters. The second-order valence-corrected chi connectivity index (χ2v) is 5.89. The maximum atomic E-state index is 8.66. The summed E-state index contributed by atoms with van der Waals surface area (Å²) in [5.74, 6) is 1.80. The Morgan fingerprint density at radius 3 is 2.27 bits per heavy atom. The summed E-state index contributed by atoms with van der Waals surface area (Å²) < 4.78 is 0.365. The average Bonchev–Trinajstić information content (AvgIpc) is 1.83. The minimum Gasteiger partial charge on any atom is -0.396 e. The first-order valence-electron chi connectivity index (χ1n) is 4.20. The minimum atomic E-state index is 0.325. The van der Waals surface area contributed by atoms with E-state index >= 15 is 0 Å². The summed E-state index contributed by atoms with van der Waals surface area (Å²) in [5, 5.41) is 8.66. The van der Waals surface area contributed by atoms with Gasteiger partial charge in [0.2, 0.25) is 0 Å². The first-order valence-corrected chi connectivity index (χ1v) is 5.19. The Morgan fingerprint density at radius 2 is 1.91 bits per heavy atom. The monoisotopic (exact) mass is 176 g/mol. The van der Waals surface area contributed by atoms with Gasteiger partial charge in [-0.1, -0.05) is 27.7 Å². The summed E-state index contributed by atoms with van der Waals surface area (Å²) in [5.41, 5.74) is 0. The Labute approximate surface area is 74.6 Å². The maximum Gasteiger partial charge on any atom is 0.0433 e. The molecule has 0 bridgehead atoms. The first-order chi connectivity index (χ1) is 4.95. The maximum absolute atomic E-state index is 8.66. The van der Waals surface area contributed by atoms with Crippen LogP contribution in [-0.4, -0.2) is 22.2 Å². The van der Waals surface area contributed by atoms with Crippen molar-refractivity contribution in [2.45, 2.75) is 38.9 Å². The summed E-state index contributed by atoms with van der Waals surface area (Å²) in [7, 11) is 0. The highest BCUT2D eigenvalue weighted by molar-refractivity contribution is 8.00. The van der Waals surface area contributed by atoms with Gasteiger partial charge >= 0.3 is 0 Å². The molecule has 0 rings (SSSR count). The second-order valence-electron chi connectivity index (χ2n) is 4.04. The zero-order valence-electron chi connectivity index (χ0n) is 8.05. The van der Waals surface area contributed by atoms with Crippen molar-refractivity contribution in [3.63, 3.8) is 0 Å². The molecule has 0 aromatic rings. The van der Waals surface area contributed by atoms with Crippen molar-refractivity contribution in [2.24, 2.45) is 5.92 Å². The van der Waals surface area contributed by atoms with E-state index in [2.05, 4.69) is 27.7 Å². The van der Waals surface area contributed by atoms with Crippen LogP contribution in [0.4, 0.5) is 0 Å². The van der Waals surface area contributed by atoms with Gasteiger partial charge in [0, 0.05) is 11.4 Å². The lowest BCUT2D eigenvalue weighted by molar-refractivity contribution is 0.269. The summed E-state index contributed by atoms with van der Waals surface area (Å²) >= 11 is 1.97. The molecule has 2 heteroatoms. The lowest BCUT2D eigenvalue weighted by Crippen LogP contribution is -2.12. The van der Waals surface area contributed by atoms with Crippen molar-refractivity contribution in [3.8, 4) is 0 Å². The molecule has 0 fully saturated rings. The molecule has 0 radical (unpaired) electrons. The molecule has 0 aromatic heterocycles. The Hall–Kier alpha value is 0.310. The van der Waals surface area contributed by atoms with E-state index in [9.17, 15) is 0 Å². The lowest BCUT2D eigenvalue weighted by atomic mass is 10.1. The average molecular weight is 176 g/mol. The highest BCUT2D eigenvalue weighted by Gasteiger charge is 2.12. The van der Waals surface area contributed by atoms with Crippen molar-refractivity contribution >= 4 is 11.8 Å². The number of rotatable bonds is 4. The third-order valence-electron chi connectivity index (χ3n) is 1.42. The molecule has 0 heterocycles. The van der Waals surface area contributed by atoms with Crippen LogP contribution in [-0.2, 0) is 0 Å². The summed E-state index contributed by atoms with van der Waals surface area (Å²) in [4.78, 5) is 0. The van der Waals surface area contributed by atoms with Crippen LogP contribution in [0.3, 0.4) is 0 Å². The van der Waals surface area contributed by atoms with E-state index in [1.807, 2.05) is 11.8 Å². The molecule has 1 atom stereocenters. The van der Waals surface area contributed by atoms with Gasteiger partial charge in [-0.15, -0.1) is 0 Å². The molecular weight excluding hydrogens is 156 g/mol. The van der Waals surface area contributed by atoms with Crippen molar-refractivity contribution in [1.29, 1.82) is 0 Å². The van der Waals surface area contributed by atoms with Gasteiger partial charge in [0.1, 0.15) is 0 Å². The smallest absolute Gasteiger partial charge is 0.0433 e. The van der Waals surface area contributed by atoms with E-state index < -0.39 is 0 Å². The fourth-order valence-electron chi connectivity index (χ4n) is 0.696. The number of aliphatic hydroxyl groups excluding tert-OH is 1. The van der Waals surface area contributed by atoms with Crippen molar-refractivity contribution in [3.05, 3.63) is 0 Å². The van der Waals surface area contributed by atoms with Crippen LogP contribution in [0.2, 0.25) is 0 Å². The molecule has 0 saturated heterocycles. The van der Waals surface area contributed by atoms with Crippen LogP contribution >= 0.6 is 11.8 Å². The summed E-state index contributed by atoms with van der Waals surface area (Å²) in [6.45, 7) is 9.19. The van der Waals surface area contributed by atoms with E-state index in [1.165, 1.54) is 0 Å². The molecule has 1 N–H and O–H groups in total. The molecule has 0 aliphatic rings. The fraction of sp³-hybridized carbons (Fsp3) is 1.00. The molecule has 0 amide bonds. The van der Waals surface area contributed by atoms with Crippen LogP contribution in [0.5, 0.6) is 0 Å². The highest BCUT2D eigenvalue weighted by Crippen LogP contribution is 2.25. The second kappa shape index (κ2) is 5.04. The summed E-state index contributed by atoms with van der Waals surface area (Å²) in [6.07, 6.45) is 0.934. The van der Waals surface area contributed by atoms with E-state index in [0.29, 0.717) is 17.3 Å². The highest BCUT2D eigenvalue weighted by atomic mass is 32.2. The van der Waals surface area contributed by atoms with Crippen molar-refractivity contribution in [1.82, 2.24) is 0 Å². The van der Waals surface area contributed by atoms with Crippen molar-refractivity contribution < 1.29 is 5.11 Å². The Balaban J connectivity index is 3.38. The van der Waals surface area contributed by atoms with Gasteiger partial charge in [-0.05, 0) is 18.1 Å². The normalized spacial score (nSPS) is 15.0. The van der Waals surface area contributed by atoms with Gasteiger partial charge in [0.25, 0.3) is 0 Å². The van der Waals surface area contributed by atoms with Gasteiger partial charge in [0.15, 0.2) is 0 Å². The van der Waals surface area contributed by atoms with Gasteiger partial charge in [0.05, 0.1) is 0 Å². The fourth-order valence-corrected chi connectivity index (χ4v) is 1.65. The first kappa shape index (κ1) is 11.3. The van der Waals surface area contributed by atoms with Crippen molar-refractivity contribution in [2.75, 3.05) is 12.4 Å². The standard InChI is InChI=1S/C9H20OS/c1-8(5-6-10)7-11-9(2,3)4/h8,10H,5-7H2,1-4H3. The minimum absolute atomic E-state index is 0.325. The number of thioether (sulfide) groups is 1. The van der Waals surface area contributed by atoms with E-state index in [1.54, 1.807) is 0 Å². The predicted octanol–water partition coefficient (Wildman–Crippen LogP) is 2.54. The SMILES string of the molecule is CC(CCO)CSC(C)(C)C. The molecular formula is C9H20OS. The molecule has 0 saturated carbocycles. The summed E-state index contributed by atoms with van der Waals surface area (Å²) in [6, 6.07) is 0. The molecule has 0 aliphatic carbocycles. The zero-order valence-corrected chi connectivity index (χ0v) is 8.87. The number of hydrogen-bond donors (Lipinski definition) is 1. The van der Waals surface area contributed by atoms with Crippen LogP contribution in [0, 0.1) is 5.92 Å². The third kappa shape index (κ3) is 8.21. The lowest BCUT2D eigenvalue weighted by Gasteiger charge is -2.20. The van der Waals surface area contributed by atoms with Crippen LogP contribution in [0.25, 0.3) is 0 Å². The number of aliphatic hydroxyl groups is 1.